The molecule has 0 aliphatic heterocycles. The van der Waals surface area contributed by atoms with Gasteiger partial charge in [-0.3, -0.25) is 0 Å². The highest BCUT2D eigenvalue weighted by Crippen LogP contribution is 2.27. The number of hydrogen-bond donors (Lipinski definition) is 1. The average Bonchev–Trinajstić information content (AvgIpc) is 3.04. The molecule has 0 radical (unpaired) electrons. The summed E-state index contributed by atoms with van der Waals surface area (Å²) >= 11 is 0. The first kappa shape index (κ1) is 28.7. The Bertz CT molecular complexity index is 2160. The predicted octanol–water partition coefficient (Wildman–Crippen LogP) is 6.68. The molecule has 6 nitrogen and oxygen atoms in total. The van der Waals surface area contributed by atoms with Gasteiger partial charge in [-0.25, -0.2) is 16.8 Å². The Morgan fingerprint density at radius 3 is 1.50 bits per heavy atom. The summed E-state index contributed by atoms with van der Waals surface area (Å²) in [7, 11) is -7.01. The zero-order valence-corrected chi connectivity index (χ0v) is 24.0. The highest BCUT2D eigenvalue weighted by Gasteiger charge is 2.19. The van der Waals surface area contributed by atoms with Gasteiger partial charge in [0.05, 0.1) is 31.2 Å². The summed E-state index contributed by atoms with van der Waals surface area (Å²) in [4.78, 5) is 1.10. The van der Waals surface area contributed by atoms with Crippen LogP contribution in [0.1, 0.15) is 11.1 Å². The number of benzene rings is 6. The number of sulfone groups is 2. The molecule has 0 atom stereocenters. The van der Waals surface area contributed by atoms with Crippen molar-refractivity contribution < 1.29 is 16.8 Å². The predicted molar refractivity (Wildman–Crippen MR) is 164 cm³/mol. The van der Waals surface area contributed by atoms with Gasteiger partial charge in [-0.05, 0) is 81.7 Å². The molecular formula is C34H26N2O4S2. The normalized spacial score (nSPS) is 11.4. The highest BCUT2D eigenvalue weighted by molar-refractivity contribution is 7.91. The van der Waals surface area contributed by atoms with Crippen LogP contribution in [-0.4, -0.2) is 16.8 Å². The third-order valence-corrected chi connectivity index (χ3v) is 10.4. The third kappa shape index (κ3) is 5.67. The van der Waals surface area contributed by atoms with Gasteiger partial charge in [0.25, 0.3) is 0 Å². The van der Waals surface area contributed by atoms with Gasteiger partial charge in [0.15, 0.2) is 0 Å². The number of hydrogen-bond acceptors (Lipinski definition) is 6. The Morgan fingerprint density at radius 2 is 1.00 bits per heavy atom. The lowest BCUT2D eigenvalue weighted by Gasteiger charge is -2.08. The lowest BCUT2D eigenvalue weighted by molar-refractivity contribution is 0.594. The summed E-state index contributed by atoms with van der Waals surface area (Å²) in [5, 5.41) is 12.4. The van der Waals surface area contributed by atoms with E-state index in [9.17, 15) is 16.8 Å². The number of nitrogens with zero attached hydrogens (tertiary/aromatic N) is 1. The summed E-state index contributed by atoms with van der Waals surface area (Å²) in [5.41, 5.74) is 7.26. The van der Waals surface area contributed by atoms with Gasteiger partial charge in [-0.1, -0.05) is 78.9 Å². The van der Waals surface area contributed by atoms with E-state index in [0.29, 0.717) is 21.9 Å². The minimum atomic E-state index is -3.53. The first-order valence-electron chi connectivity index (χ1n) is 13.0. The van der Waals surface area contributed by atoms with Crippen LogP contribution in [-0.2, 0) is 26.2 Å². The minimum absolute atomic E-state index is 0.233. The van der Waals surface area contributed by atoms with Crippen molar-refractivity contribution in [1.29, 1.82) is 5.26 Å². The van der Waals surface area contributed by atoms with Crippen LogP contribution in [0.5, 0.6) is 0 Å². The van der Waals surface area contributed by atoms with Crippen molar-refractivity contribution in [2.24, 2.45) is 5.73 Å². The molecule has 8 heteroatoms. The monoisotopic (exact) mass is 590 g/mol. The Balaban J connectivity index is 0.000000168. The Morgan fingerprint density at radius 1 is 0.524 bits per heavy atom. The van der Waals surface area contributed by atoms with Crippen molar-refractivity contribution in [2.45, 2.75) is 26.1 Å². The molecule has 0 spiro atoms. The van der Waals surface area contributed by atoms with Gasteiger partial charge in [0.1, 0.15) is 0 Å². The van der Waals surface area contributed by atoms with E-state index in [0.717, 1.165) is 27.1 Å². The lowest BCUT2D eigenvalue weighted by Crippen LogP contribution is -2.02. The quantitative estimate of drug-likeness (QED) is 0.239. The topological polar surface area (TPSA) is 118 Å². The largest absolute Gasteiger partial charge is 0.326 e. The molecule has 0 saturated carbocycles. The molecule has 0 amide bonds. The van der Waals surface area contributed by atoms with Gasteiger partial charge in [0.2, 0.25) is 19.7 Å². The van der Waals surface area contributed by atoms with Crippen LogP contribution in [0.3, 0.4) is 0 Å². The van der Waals surface area contributed by atoms with E-state index in [1.54, 1.807) is 109 Å². The van der Waals surface area contributed by atoms with E-state index in [4.69, 9.17) is 11.0 Å². The van der Waals surface area contributed by atoms with Crippen molar-refractivity contribution >= 4 is 41.2 Å². The zero-order valence-electron chi connectivity index (χ0n) is 22.4. The molecule has 6 aromatic carbocycles. The summed E-state index contributed by atoms with van der Waals surface area (Å²) in [6.45, 7) is 0.433. The molecule has 0 bridgehead atoms. The van der Waals surface area contributed by atoms with Crippen LogP contribution >= 0.6 is 0 Å². The number of fused-ring (bicyclic) bond motifs is 2. The van der Waals surface area contributed by atoms with Crippen molar-refractivity contribution in [3.05, 3.63) is 145 Å². The van der Waals surface area contributed by atoms with Crippen LogP contribution in [0, 0.1) is 11.3 Å². The average molecular weight is 591 g/mol. The van der Waals surface area contributed by atoms with Crippen molar-refractivity contribution in [3.8, 4) is 6.07 Å². The molecule has 0 aliphatic rings. The van der Waals surface area contributed by atoms with E-state index < -0.39 is 19.7 Å². The fourth-order valence-corrected chi connectivity index (χ4v) is 7.31. The van der Waals surface area contributed by atoms with E-state index in [1.165, 1.54) is 0 Å². The van der Waals surface area contributed by atoms with E-state index in [-0.39, 0.29) is 9.79 Å². The SMILES string of the molecule is N#Cc1cccc2cc(S(=O)(=O)c3ccccc3)ccc12.NCc1cccc2cc(S(=O)(=O)c3ccccc3)ccc12. The van der Waals surface area contributed by atoms with Crippen molar-refractivity contribution in [1.82, 2.24) is 0 Å². The number of nitriles is 1. The second-order valence-electron chi connectivity index (χ2n) is 9.44. The number of rotatable bonds is 5. The summed E-state index contributed by atoms with van der Waals surface area (Å²) in [5.74, 6) is 0. The first-order chi connectivity index (χ1) is 20.3. The van der Waals surface area contributed by atoms with Crippen LogP contribution in [0.25, 0.3) is 21.5 Å². The second-order valence-corrected chi connectivity index (χ2v) is 13.3. The molecule has 6 rings (SSSR count). The maximum atomic E-state index is 12.6. The van der Waals surface area contributed by atoms with E-state index in [1.807, 2.05) is 24.3 Å². The molecule has 6 aromatic rings. The summed E-state index contributed by atoms with van der Waals surface area (Å²) in [6.07, 6.45) is 0. The molecule has 0 saturated heterocycles. The smallest absolute Gasteiger partial charge is 0.206 e. The van der Waals surface area contributed by atoms with Gasteiger partial charge < -0.3 is 5.73 Å². The number of nitrogens with two attached hydrogens (primary N) is 1. The van der Waals surface area contributed by atoms with Crippen molar-refractivity contribution in [2.75, 3.05) is 0 Å². The minimum Gasteiger partial charge on any atom is -0.326 e. The molecule has 0 aliphatic carbocycles. The van der Waals surface area contributed by atoms with Gasteiger partial charge in [0, 0.05) is 6.54 Å². The molecule has 208 valence electrons. The molecular weight excluding hydrogens is 565 g/mol. The van der Waals surface area contributed by atoms with E-state index >= 15 is 0 Å². The Kier molecular flexibility index (Phi) is 8.18. The van der Waals surface area contributed by atoms with Crippen LogP contribution in [0.4, 0.5) is 0 Å². The van der Waals surface area contributed by atoms with Gasteiger partial charge in [-0.15, -0.1) is 0 Å². The van der Waals surface area contributed by atoms with Crippen molar-refractivity contribution in [3.63, 3.8) is 0 Å². The molecule has 2 N–H and O–H groups in total. The fraction of sp³-hybridized carbons (Fsp3) is 0.0294. The fourth-order valence-electron chi connectivity index (χ4n) is 4.67. The summed E-state index contributed by atoms with van der Waals surface area (Å²) in [6, 6.07) is 39.9. The standard InChI is InChI=1S/C17H15NO2S.C17H11NO2S/c2*18-12-14-6-4-5-13-11-16(9-10-17(13)14)21(19,20)15-7-2-1-3-8-15/h1-11H,12,18H2;1-11H. The van der Waals surface area contributed by atoms with Crippen LogP contribution in [0.15, 0.2) is 153 Å². The van der Waals surface area contributed by atoms with Crippen LogP contribution < -0.4 is 5.73 Å². The maximum Gasteiger partial charge on any atom is 0.206 e. The Hall–Kier alpha value is -4.81. The maximum absolute atomic E-state index is 12.6. The van der Waals surface area contributed by atoms with Crippen LogP contribution in [0.2, 0.25) is 0 Å². The molecule has 0 unspecified atom stereocenters. The Labute approximate surface area is 245 Å². The van der Waals surface area contributed by atoms with E-state index in [2.05, 4.69) is 6.07 Å². The highest BCUT2D eigenvalue weighted by atomic mass is 32.2. The second kappa shape index (κ2) is 12.0. The molecule has 42 heavy (non-hydrogen) atoms. The molecule has 0 aromatic heterocycles. The lowest BCUT2D eigenvalue weighted by atomic mass is 10.1. The summed E-state index contributed by atoms with van der Waals surface area (Å²) < 4.78 is 50.3. The van der Waals surface area contributed by atoms with Gasteiger partial charge >= 0.3 is 0 Å². The molecule has 0 heterocycles. The zero-order chi connectivity index (χ0) is 29.7. The first-order valence-corrected chi connectivity index (χ1v) is 16.0. The molecule has 0 fully saturated rings. The van der Waals surface area contributed by atoms with Gasteiger partial charge in [-0.2, -0.15) is 5.26 Å². The third-order valence-electron chi connectivity index (χ3n) is 6.86.